The average Bonchev–Trinajstić information content (AvgIpc) is 2.55. The number of aliphatic hydroxyl groups excluding tert-OH is 4. The fraction of sp³-hybridized carbons (Fsp3) is 0.750. The number of piperidine rings is 1. The summed E-state index contributed by atoms with van der Waals surface area (Å²) in [7, 11) is 0. The van der Waals surface area contributed by atoms with Crippen molar-refractivity contribution >= 4 is 11.8 Å². The van der Waals surface area contributed by atoms with Crippen LogP contribution in [-0.4, -0.2) is 74.3 Å². The molecule has 8 heteroatoms. The third-order valence-corrected chi connectivity index (χ3v) is 2.97. The number of hydrogen-bond donors (Lipinski definition) is 5. The van der Waals surface area contributed by atoms with E-state index >= 15 is 0 Å². The SMILES string of the molecule is O=C1NC2[C@H](O)[C@H](O)[C@@H](O)[C@H](CO)N2C1=O. The molecule has 2 aliphatic heterocycles. The third-order valence-electron chi connectivity index (χ3n) is 2.97. The molecule has 2 fully saturated rings. The van der Waals surface area contributed by atoms with Crippen LogP contribution in [0.2, 0.25) is 0 Å². The van der Waals surface area contributed by atoms with Crippen LogP contribution >= 0.6 is 0 Å². The van der Waals surface area contributed by atoms with Gasteiger partial charge in [-0.2, -0.15) is 0 Å². The third kappa shape index (κ3) is 1.31. The van der Waals surface area contributed by atoms with E-state index in [1.807, 2.05) is 0 Å². The number of nitrogens with one attached hydrogen (secondary N) is 1. The molecule has 0 spiro atoms. The first-order valence-electron chi connectivity index (χ1n) is 4.77. The molecule has 5 N–H and O–H groups in total. The van der Waals surface area contributed by atoms with Gasteiger partial charge < -0.3 is 30.6 Å². The van der Waals surface area contributed by atoms with Crippen LogP contribution in [0.1, 0.15) is 0 Å². The Morgan fingerprint density at radius 1 is 1.12 bits per heavy atom. The van der Waals surface area contributed by atoms with Crippen molar-refractivity contribution in [1.29, 1.82) is 0 Å². The van der Waals surface area contributed by atoms with Crippen LogP contribution in [0.15, 0.2) is 0 Å². The lowest BCUT2D eigenvalue weighted by atomic mass is 9.92. The average molecular weight is 232 g/mol. The van der Waals surface area contributed by atoms with E-state index in [1.165, 1.54) is 0 Å². The molecule has 0 aliphatic carbocycles. The van der Waals surface area contributed by atoms with E-state index in [9.17, 15) is 24.9 Å². The number of nitrogens with zero attached hydrogens (tertiary/aromatic N) is 1. The van der Waals surface area contributed by atoms with E-state index in [0.717, 1.165) is 4.90 Å². The van der Waals surface area contributed by atoms with E-state index in [-0.39, 0.29) is 0 Å². The lowest BCUT2D eigenvalue weighted by Crippen LogP contribution is -2.68. The second kappa shape index (κ2) is 3.67. The molecule has 0 aromatic heterocycles. The smallest absolute Gasteiger partial charge is 0.314 e. The Morgan fingerprint density at radius 2 is 1.75 bits per heavy atom. The van der Waals surface area contributed by atoms with Gasteiger partial charge in [-0.3, -0.25) is 9.59 Å². The van der Waals surface area contributed by atoms with Crippen LogP contribution in [0, 0.1) is 0 Å². The summed E-state index contributed by atoms with van der Waals surface area (Å²) in [6, 6.07) is -1.10. The van der Waals surface area contributed by atoms with Gasteiger partial charge in [0.05, 0.1) is 12.6 Å². The van der Waals surface area contributed by atoms with Crippen molar-refractivity contribution in [2.75, 3.05) is 6.61 Å². The molecule has 2 aliphatic rings. The first-order valence-corrected chi connectivity index (χ1v) is 4.77. The highest BCUT2D eigenvalue weighted by atomic mass is 16.4. The summed E-state index contributed by atoms with van der Waals surface area (Å²) in [4.78, 5) is 23.4. The number of amides is 2. The summed E-state index contributed by atoms with van der Waals surface area (Å²) >= 11 is 0. The molecule has 8 nitrogen and oxygen atoms in total. The van der Waals surface area contributed by atoms with E-state index in [0.29, 0.717) is 0 Å². The summed E-state index contributed by atoms with van der Waals surface area (Å²) in [6.07, 6.45) is -5.60. The van der Waals surface area contributed by atoms with Gasteiger partial charge in [-0.15, -0.1) is 0 Å². The predicted molar refractivity (Wildman–Crippen MR) is 47.7 cm³/mol. The van der Waals surface area contributed by atoms with E-state index < -0.39 is 48.9 Å². The number of carbonyl (C=O) groups excluding carboxylic acids is 2. The van der Waals surface area contributed by atoms with Crippen LogP contribution in [0.3, 0.4) is 0 Å². The van der Waals surface area contributed by atoms with E-state index in [2.05, 4.69) is 5.32 Å². The van der Waals surface area contributed by atoms with Crippen molar-refractivity contribution in [3.05, 3.63) is 0 Å². The summed E-state index contributed by atoms with van der Waals surface area (Å²) in [5.41, 5.74) is 0. The summed E-state index contributed by atoms with van der Waals surface area (Å²) in [5.74, 6) is -1.86. The molecular formula is C8H12N2O6. The molecule has 2 heterocycles. The van der Waals surface area contributed by atoms with Crippen LogP contribution in [-0.2, 0) is 9.59 Å². The quantitative estimate of drug-likeness (QED) is 0.291. The zero-order valence-corrected chi connectivity index (χ0v) is 8.15. The minimum absolute atomic E-state index is 0.609. The Morgan fingerprint density at radius 3 is 2.31 bits per heavy atom. The van der Waals surface area contributed by atoms with Gasteiger partial charge in [0.25, 0.3) is 0 Å². The molecule has 0 radical (unpaired) electrons. The predicted octanol–water partition coefficient (Wildman–Crippen LogP) is -4.27. The summed E-state index contributed by atoms with van der Waals surface area (Å²) in [5, 5.41) is 39.8. The Hall–Kier alpha value is -1.22. The molecule has 90 valence electrons. The van der Waals surface area contributed by atoms with Crippen molar-refractivity contribution in [3.63, 3.8) is 0 Å². The van der Waals surface area contributed by atoms with Gasteiger partial charge in [-0.1, -0.05) is 0 Å². The zero-order chi connectivity index (χ0) is 12.0. The normalized spacial score (nSPS) is 43.2. The highest BCUT2D eigenvalue weighted by Gasteiger charge is 2.54. The number of rotatable bonds is 1. The first-order chi connectivity index (χ1) is 7.49. The molecular weight excluding hydrogens is 220 g/mol. The molecule has 0 aromatic carbocycles. The molecule has 1 unspecified atom stereocenters. The fourth-order valence-corrected chi connectivity index (χ4v) is 2.09. The van der Waals surface area contributed by atoms with Crippen molar-refractivity contribution in [2.24, 2.45) is 0 Å². The molecule has 0 aromatic rings. The minimum atomic E-state index is -1.52. The second-order valence-corrected chi connectivity index (χ2v) is 3.85. The lowest BCUT2D eigenvalue weighted by Gasteiger charge is -2.44. The summed E-state index contributed by atoms with van der Waals surface area (Å²) < 4.78 is 0. The Balaban J connectivity index is 2.35. The van der Waals surface area contributed by atoms with Gasteiger partial charge in [0.1, 0.15) is 24.5 Å². The summed E-state index contributed by atoms with van der Waals surface area (Å²) in [6.45, 7) is -0.609. The topological polar surface area (TPSA) is 130 Å². The maximum absolute atomic E-state index is 11.4. The van der Waals surface area contributed by atoms with E-state index in [1.54, 1.807) is 0 Å². The first kappa shape index (κ1) is 11.3. The maximum Gasteiger partial charge on any atom is 0.314 e. The van der Waals surface area contributed by atoms with Gasteiger partial charge in [0.2, 0.25) is 0 Å². The molecule has 0 bridgehead atoms. The van der Waals surface area contributed by atoms with Gasteiger partial charge in [-0.05, 0) is 0 Å². The van der Waals surface area contributed by atoms with Gasteiger partial charge >= 0.3 is 11.8 Å². The Kier molecular flexibility index (Phi) is 2.58. The van der Waals surface area contributed by atoms with Crippen LogP contribution in [0.5, 0.6) is 0 Å². The molecule has 2 rings (SSSR count). The van der Waals surface area contributed by atoms with Gasteiger partial charge in [-0.25, -0.2) is 0 Å². The van der Waals surface area contributed by atoms with Crippen LogP contribution in [0.4, 0.5) is 0 Å². The van der Waals surface area contributed by atoms with Crippen LogP contribution in [0.25, 0.3) is 0 Å². The largest absolute Gasteiger partial charge is 0.394 e. The van der Waals surface area contributed by atoms with Crippen LogP contribution < -0.4 is 5.32 Å². The monoisotopic (exact) mass is 232 g/mol. The van der Waals surface area contributed by atoms with Gasteiger partial charge in [0, 0.05) is 0 Å². The molecule has 16 heavy (non-hydrogen) atoms. The standard InChI is InChI=1S/C8H12N2O6/c11-1-2-3(12)4(13)5(14)6-9-7(15)8(16)10(2)6/h2-6,11-14H,1H2,(H,9,15)/t2-,3-,4+,5+,6?/m0/s1. The van der Waals surface area contributed by atoms with Crippen molar-refractivity contribution in [3.8, 4) is 0 Å². The maximum atomic E-state index is 11.4. The molecule has 5 atom stereocenters. The lowest BCUT2D eigenvalue weighted by molar-refractivity contribution is -0.175. The van der Waals surface area contributed by atoms with E-state index in [4.69, 9.17) is 5.11 Å². The molecule has 2 amide bonds. The highest BCUT2D eigenvalue weighted by Crippen LogP contribution is 2.26. The highest BCUT2D eigenvalue weighted by molar-refractivity contribution is 6.37. The Bertz CT molecular complexity index is 334. The second-order valence-electron chi connectivity index (χ2n) is 3.85. The number of hydrogen-bond acceptors (Lipinski definition) is 6. The number of carbonyl (C=O) groups is 2. The molecule has 2 saturated heterocycles. The van der Waals surface area contributed by atoms with Gasteiger partial charge in [0.15, 0.2) is 0 Å². The number of aliphatic hydroxyl groups is 4. The fourth-order valence-electron chi connectivity index (χ4n) is 2.09. The Labute approximate surface area is 90.1 Å². The number of fused-ring (bicyclic) bond motifs is 1. The molecule has 0 saturated carbocycles. The van der Waals surface area contributed by atoms with Crippen molar-refractivity contribution in [1.82, 2.24) is 10.2 Å². The van der Waals surface area contributed by atoms with Crippen molar-refractivity contribution < 1.29 is 30.0 Å². The van der Waals surface area contributed by atoms with Crippen molar-refractivity contribution in [2.45, 2.75) is 30.5 Å². The minimum Gasteiger partial charge on any atom is -0.394 e. The zero-order valence-electron chi connectivity index (χ0n) is 8.15.